The maximum absolute atomic E-state index is 13.6. The molecule has 5 nitrogen and oxygen atoms in total. The van der Waals surface area contributed by atoms with Crippen LogP contribution in [0.4, 0.5) is 13.6 Å². The third kappa shape index (κ3) is 4.55. The Kier molecular flexibility index (Phi) is 5.41. The first-order valence-electron chi connectivity index (χ1n) is 9.34. The first kappa shape index (κ1) is 21.6. The zero-order valence-electron chi connectivity index (χ0n) is 16.9. The molecular weight excluding hydrogens is 404 g/mol. The van der Waals surface area contributed by atoms with E-state index in [1.165, 1.54) is 24.1 Å². The van der Waals surface area contributed by atoms with Gasteiger partial charge in [-0.2, -0.15) is 0 Å². The maximum Gasteiger partial charge on any atom is 0.414 e. The molecule has 1 saturated carbocycles. The Bertz CT molecular complexity index is 868. The number of allylic oxidation sites excluding steroid dienone is 1. The van der Waals surface area contributed by atoms with Crippen molar-refractivity contribution >= 4 is 29.4 Å². The zero-order chi connectivity index (χ0) is 21.6. The molecule has 158 valence electrons. The lowest BCUT2D eigenvalue weighted by Gasteiger charge is -2.49. The van der Waals surface area contributed by atoms with Crippen LogP contribution >= 0.6 is 11.6 Å². The third-order valence-electron chi connectivity index (χ3n) is 5.07. The molecule has 0 aromatic heterocycles. The van der Waals surface area contributed by atoms with Crippen molar-refractivity contribution in [1.82, 2.24) is 4.90 Å². The van der Waals surface area contributed by atoms with Gasteiger partial charge >= 0.3 is 12.1 Å². The van der Waals surface area contributed by atoms with Gasteiger partial charge in [-0.15, -0.1) is 0 Å². The number of rotatable bonds is 2. The highest BCUT2D eigenvalue weighted by Crippen LogP contribution is 2.57. The fraction of sp³-hybridized carbons (Fsp3) is 0.524. The molecule has 1 aromatic carbocycles. The smallest absolute Gasteiger partial charge is 0.414 e. The second-order valence-corrected chi connectivity index (χ2v) is 9.08. The van der Waals surface area contributed by atoms with Gasteiger partial charge in [-0.1, -0.05) is 23.7 Å². The fourth-order valence-electron chi connectivity index (χ4n) is 3.85. The summed E-state index contributed by atoms with van der Waals surface area (Å²) in [6.07, 6.45) is 1.03. The molecule has 3 rings (SSSR count). The Labute approximate surface area is 173 Å². The van der Waals surface area contributed by atoms with E-state index in [1.807, 2.05) is 0 Å². The van der Waals surface area contributed by atoms with E-state index in [-0.39, 0.29) is 30.0 Å². The van der Waals surface area contributed by atoms with E-state index in [0.717, 1.165) is 0 Å². The molecule has 0 N–H and O–H groups in total. The van der Waals surface area contributed by atoms with E-state index in [0.29, 0.717) is 17.7 Å². The molecule has 1 aliphatic carbocycles. The molecule has 1 heterocycles. The Morgan fingerprint density at radius 2 is 1.86 bits per heavy atom. The van der Waals surface area contributed by atoms with Gasteiger partial charge in [0.25, 0.3) is 0 Å². The summed E-state index contributed by atoms with van der Waals surface area (Å²) < 4.78 is 37.4. The average Bonchev–Trinajstić information content (AvgIpc) is 2.57. The molecule has 8 heteroatoms. The van der Waals surface area contributed by atoms with Gasteiger partial charge in [0, 0.05) is 30.4 Å². The van der Waals surface area contributed by atoms with Gasteiger partial charge in [-0.25, -0.2) is 18.4 Å². The predicted octanol–water partition coefficient (Wildman–Crippen LogP) is 5.52. The van der Waals surface area contributed by atoms with Gasteiger partial charge in [0.2, 0.25) is 5.92 Å². The summed E-state index contributed by atoms with van der Waals surface area (Å²) in [4.78, 5) is 25.9. The number of hydrogen-bond donors (Lipinski definition) is 0. The Hall–Kier alpha value is -2.15. The number of ether oxygens (including phenoxy) is 2. The van der Waals surface area contributed by atoms with Crippen molar-refractivity contribution in [2.45, 2.75) is 51.6 Å². The fourth-order valence-corrected chi connectivity index (χ4v) is 4.13. The Morgan fingerprint density at radius 1 is 1.21 bits per heavy atom. The van der Waals surface area contributed by atoms with Crippen molar-refractivity contribution in [1.29, 1.82) is 0 Å². The van der Waals surface area contributed by atoms with Crippen LogP contribution in [0.2, 0.25) is 5.02 Å². The molecule has 2 aliphatic rings. The number of benzene rings is 1. The van der Waals surface area contributed by atoms with Gasteiger partial charge in [0.1, 0.15) is 5.60 Å². The van der Waals surface area contributed by atoms with Gasteiger partial charge in [0.15, 0.2) is 0 Å². The average molecular weight is 428 g/mol. The zero-order valence-corrected chi connectivity index (χ0v) is 17.6. The maximum atomic E-state index is 13.6. The van der Waals surface area contributed by atoms with Crippen LogP contribution in [0.15, 0.2) is 24.3 Å². The highest BCUT2D eigenvalue weighted by molar-refractivity contribution is 6.32. The minimum atomic E-state index is -2.70. The number of halogens is 3. The van der Waals surface area contributed by atoms with Gasteiger partial charge < -0.3 is 9.47 Å². The van der Waals surface area contributed by atoms with Crippen LogP contribution < -0.4 is 0 Å². The standard InChI is InChI=1S/C21H24ClF2NO4/c1-19(2,3)29-18(27)25-8-7-20(11-21(23,24)12-20)10-16(25)14-6-5-13(9-15(14)22)17(26)28-4/h5-6,9-10H,7-8,11-12H2,1-4H3. The molecule has 0 unspecified atom stereocenters. The summed E-state index contributed by atoms with van der Waals surface area (Å²) in [5, 5.41) is 0.218. The SMILES string of the molecule is COC(=O)c1ccc(C2=CC3(CCN2C(=O)OC(C)(C)C)CC(F)(F)C3)c(Cl)c1. The van der Waals surface area contributed by atoms with Crippen LogP contribution in [0.1, 0.15) is 56.0 Å². The monoisotopic (exact) mass is 427 g/mol. The largest absolute Gasteiger partial charge is 0.465 e. The minimum Gasteiger partial charge on any atom is -0.465 e. The van der Waals surface area contributed by atoms with Crippen molar-refractivity contribution < 1.29 is 27.8 Å². The van der Waals surface area contributed by atoms with Crippen molar-refractivity contribution in [2.24, 2.45) is 5.41 Å². The molecule has 1 amide bonds. The quantitative estimate of drug-likeness (QED) is 0.583. The molecule has 0 saturated heterocycles. The van der Waals surface area contributed by atoms with Crippen LogP contribution in [0.5, 0.6) is 0 Å². The topological polar surface area (TPSA) is 55.8 Å². The lowest BCUT2D eigenvalue weighted by molar-refractivity contribution is -0.146. The lowest BCUT2D eigenvalue weighted by Crippen LogP contribution is -2.50. The Morgan fingerprint density at radius 3 is 2.38 bits per heavy atom. The van der Waals surface area contributed by atoms with Gasteiger partial charge in [-0.05, 0) is 39.3 Å². The van der Waals surface area contributed by atoms with E-state index in [9.17, 15) is 18.4 Å². The second kappa shape index (κ2) is 7.27. The van der Waals surface area contributed by atoms with Crippen LogP contribution in [-0.2, 0) is 9.47 Å². The number of nitrogens with zero attached hydrogens (tertiary/aromatic N) is 1. The highest BCUT2D eigenvalue weighted by Gasteiger charge is 2.56. The molecule has 1 fully saturated rings. The molecule has 0 atom stereocenters. The summed E-state index contributed by atoms with van der Waals surface area (Å²) in [6.45, 7) is 5.50. The highest BCUT2D eigenvalue weighted by atomic mass is 35.5. The van der Waals surface area contributed by atoms with Crippen LogP contribution in [0, 0.1) is 5.41 Å². The Balaban J connectivity index is 2.01. The van der Waals surface area contributed by atoms with Crippen molar-refractivity contribution in [2.75, 3.05) is 13.7 Å². The van der Waals surface area contributed by atoms with Crippen molar-refractivity contribution in [3.05, 3.63) is 40.4 Å². The van der Waals surface area contributed by atoms with E-state index in [4.69, 9.17) is 21.1 Å². The normalized spacial score (nSPS) is 20.0. The van der Waals surface area contributed by atoms with Crippen LogP contribution in [0.25, 0.3) is 5.70 Å². The summed E-state index contributed by atoms with van der Waals surface area (Å²) in [5.41, 5.74) is -0.241. The number of methoxy groups -OCH3 is 1. The molecule has 1 aromatic rings. The van der Waals surface area contributed by atoms with E-state index < -0.39 is 29.0 Å². The molecule has 1 spiro atoms. The first-order valence-corrected chi connectivity index (χ1v) is 9.72. The first-order chi connectivity index (χ1) is 13.3. The van der Waals surface area contributed by atoms with Gasteiger partial charge in [0.05, 0.1) is 23.4 Å². The molecule has 1 aliphatic heterocycles. The second-order valence-electron chi connectivity index (χ2n) is 8.67. The third-order valence-corrected chi connectivity index (χ3v) is 5.38. The summed E-state index contributed by atoms with van der Waals surface area (Å²) >= 11 is 6.40. The van der Waals surface area contributed by atoms with E-state index in [1.54, 1.807) is 32.9 Å². The van der Waals surface area contributed by atoms with Crippen LogP contribution in [-0.4, -0.2) is 42.1 Å². The number of esters is 1. The summed E-state index contributed by atoms with van der Waals surface area (Å²) in [7, 11) is 1.26. The van der Waals surface area contributed by atoms with Crippen LogP contribution in [0.3, 0.4) is 0 Å². The molecule has 29 heavy (non-hydrogen) atoms. The number of alkyl halides is 2. The summed E-state index contributed by atoms with van der Waals surface area (Å²) in [5.74, 6) is -3.25. The number of hydrogen-bond acceptors (Lipinski definition) is 4. The van der Waals surface area contributed by atoms with E-state index in [2.05, 4.69) is 0 Å². The predicted molar refractivity (Wildman–Crippen MR) is 105 cm³/mol. The molecule has 0 radical (unpaired) electrons. The minimum absolute atomic E-state index is 0.218. The summed E-state index contributed by atoms with van der Waals surface area (Å²) in [6, 6.07) is 4.55. The van der Waals surface area contributed by atoms with Gasteiger partial charge in [-0.3, -0.25) is 4.90 Å². The number of carbonyl (C=O) groups excluding carboxylic acids is 2. The number of carbonyl (C=O) groups is 2. The number of amides is 1. The van der Waals surface area contributed by atoms with E-state index >= 15 is 0 Å². The molecule has 0 bridgehead atoms. The van der Waals surface area contributed by atoms with Crippen molar-refractivity contribution in [3.8, 4) is 0 Å². The lowest BCUT2D eigenvalue weighted by atomic mass is 9.62. The molecular formula is C21H24ClF2NO4. The van der Waals surface area contributed by atoms with Crippen molar-refractivity contribution in [3.63, 3.8) is 0 Å².